The highest BCUT2D eigenvalue weighted by atomic mass is 16.5. The van der Waals surface area contributed by atoms with Gasteiger partial charge in [0.1, 0.15) is 5.75 Å². The number of para-hydroxylation sites is 1. The van der Waals surface area contributed by atoms with Crippen LogP contribution in [-0.4, -0.2) is 59.4 Å². The van der Waals surface area contributed by atoms with Crippen molar-refractivity contribution in [2.24, 2.45) is 0 Å². The summed E-state index contributed by atoms with van der Waals surface area (Å²) in [6.07, 6.45) is 4.33. The lowest BCUT2D eigenvalue weighted by Crippen LogP contribution is -2.56. The molecule has 0 aliphatic carbocycles. The Hall–Kier alpha value is -2.57. The zero-order valence-electron chi connectivity index (χ0n) is 15.4. The topological polar surface area (TPSA) is 79.0 Å². The average molecular weight is 371 g/mol. The van der Waals surface area contributed by atoms with Gasteiger partial charge in [0.05, 0.1) is 12.1 Å². The minimum atomic E-state index is -0.885. The standard InChI is InChI=1S/C20H25N3O4/c24-17-8-9-20(21-19(26)15-6-2-3-7-16(15)27-20)10-13-23(17)14-18(25)22-11-4-1-5-12-22/h2-3,6-7H,1,4-5,8-14H2,(H,21,26). The number of amides is 3. The van der Waals surface area contributed by atoms with Gasteiger partial charge in [-0.3, -0.25) is 14.4 Å². The first-order valence-corrected chi connectivity index (χ1v) is 9.72. The van der Waals surface area contributed by atoms with Crippen molar-refractivity contribution in [3.8, 4) is 5.75 Å². The molecule has 1 aromatic carbocycles. The molecule has 4 rings (SSSR count). The fourth-order valence-corrected chi connectivity index (χ4v) is 4.09. The van der Waals surface area contributed by atoms with E-state index in [9.17, 15) is 14.4 Å². The molecule has 3 heterocycles. The number of ether oxygens (including phenoxy) is 1. The Kier molecular flexibility index (Phi) is 4.76. The first kappa shape index (κ1) is 17.8. The van der Waals surface area contributed by atoms with Crippen molar-refractivity contribution in [3.63, 3.8) is 0 Å². The Morgan fingerprint density at radius 3 is 2.67 bits per heavy atom. The summed E-state index contributed by atoms with van der Waals surface area (Å²) in [4.78, 5) is 41.0. The number of carbonyl (C=O) groups excluding carboxylic acids is 3. The van der Waals surface area contributed by atoms with Crippen molar-refractivity contribution >= 4 is 17.7 Å². The second kappa shape index (κ2) is 7.21. The first-order chi connectivity index (χ1) is 13.1. The molecule has 7 nitrogen and oxygen atoms in total. The van der Waals surface area contributed by atoms with Crippen LogP contribution in [0.15, 0.2) is 24.3 Å². The minimum absolute atomic E-state index is 0.0120. The molecule has 144 valence electrons. The molecule has 3 aliphatic heterocycles. The number of benzene rings is 1. The van der Waals surface area contributed by atoms with Gasteiger partial charge in [0.15, 0.2) is 5.72 Å². The van der Waals surface area contributed by atoms with E-state index in [1.165, 1.54) is 0 Å². The molecule has 3 aliphatic rings. The Morgan fingerprint density at radius 2 is 1.85 bits per heavy atom. The predicted octanol–water partition coefficient (Wildman–Crippen LogP) is 1.53. The quantitative estimate of drug-likeness (QED) is 0.855. The van der Waals surface area contributed by atoms with E-state index in [1.54, 1.807) is 23.1 Å². The number of carbonyl (C=O) groups is 3. The van der Waals surface area contributed by atoms with Crippen molar-refractivity contribution < 1.29 is 19.1 Å². The Balaban J connectivity index is 1.44. The number of rotatable bonds is 2. The first-order valence-electron chi connectivity index (χ1n) is 9.72. The van der Waals surface area contributed by atoms with Crippen LogP contribution in [0.2, 0.25) is 0 Å². The number of nitrogens with one attached hydrogen (secondary N) is 1. The van der Waals surface area contributed by atoms with E-state index in [2.05, 4.69) is 5.32 Å². The molecule has 1 atom stereocenters. The number of nitrogens with zero attached hydrogens (tertiary/aromatic N) is 2. The lowest BCUT2D eigenvalue weighted by molar-refractivity contribution is -0.140. The van der Waals surface area contributed by atoms with Crippen LogP contribution >= 0.6 is 0 Å². The summed E-state index contributed by atoms with van der Waals surface area (Å²) >= 11 is 0. The van der Waals surface area contributed by atoms with E-state index in [1.807, 2.05) is 11.0 Å². The monoisotopic (exact) mass is 371 g/mol. The highest BCUT2D eigenvalue weighted by Crippen LogP contribution is 2.33. The maximum absolute atomic E-state index is 12.6. The van der Waals surface area contributed by atoms with E-state index in [-0.39, 0.29) is 30.7 Å². The summed E-state index contributed by atoms with van der Waals surface area (Å²) in [6, 6.07) is 7.13. The molecule has 0 aromatic heterocycles. The van der Waals surface area contributed by atoms with E-state index in [4.69, 9.17) is 4.74 Å². The molecule has 1 N–H and O–H groups in total. The van der Waals surface area contributed by atoms with Crippen molar-refractivity contribution in [1.29, 1.82) is 0 Å². The van der Waals surface area contributed by atoms with Crippen LogP contribution in [0.3, 0.4) is 0 Å². The average Bonchev–Trinajstić information content (AvgIpc) is 2.83. The maximum Gasteiger partial charge on any atom is 0.258 e. The third-order valence-electron chi connectivity index (χ3n) is 5.69. The van der Waals surface area contributed by atoms with E-state index in [0.29, 0.717) is 30.7 Å². The summed E-state index contributed by atoms with van der Waals surface area (Å²) in [5.74, 6) is 0.320. The van der Waals surface area contributed by atoms with E-state index >= 15 is 0 Å². The van der Waals surface area contributed by atoms with Gasteiger partial charge in [-0.25, -0.2) is 0 Å². The molecule has 2 saturated heterocycles. The third kappa shape index (κ3) is 3.63. The SMILES string of the molecule is O=C1NC2(CCC(=O)N(CC(=O)N3CCCCC3)CC2)Oc2ccccc21. The lowest BCUT2D eigenvalue weighted by atomic mass is 10.0. The van der Waals surface area contributed by atoms with Crippen LogP contribution in [0.1, 0.15) is 48.9 Å². The second-order valence-electron chi connectivity index (χ2n) is 7.55. The van der Waals surface area contributed by atoms with Gasteiger partial charge in [-0.15, -0.1) is 0 Å². The van der Waals surface area contributed by atoms with Gasteiger partial charge in [-0.2, -0.15) is 0 Å². The van der Waals surface area contributed by atoms with Gasteiger partial charge < -0.3 is 19.9 Å². The van der Waals surface area contributed by atoms with Crippen LogP contribution < -0.4 is 10.1 Å². The molecular weight excluding hydrogens is 346 g/mol. The second-order valence-corrected chi connectivity index (χ2v) is 7.55. The predicted molar refractivity (Wildman–Crippen MR) is 98.1 cm³/mol. The molecule has 1 spiro atoms. The van der Waals surface area contributed by atoms with Crippen LogP contribution in [0.5, 0.6) is 5.75 Å². The molecule has 3 amide bonds. The molecule has 0 bridgehead atoms. The Bertz CT molecular complexity index is 759. The highest BCUT2D eigenvalue weighted by molar-refractivity contribution is 5.98. The van der Waals surface area contributed by atoms with Crippen LogP contribution in [-0.2, 0) is 9.59 Å². The Labute approximate surface area is 158 Å². The molecule has 7 heteroatoms. The zero-order valence-corrected chi connectivity index (χ0v) is 15.4. The summed E-state index contributed by atoms with van der Waals surface area (Å²) in [6.45, 7) is 2.06. The van der Waals surface area contributed by atoms with Gasteiger partial charge >= 0.3 is 0 Å². The van der Waals surface area contributed by atoms with Gasteiger partial charge in [-0.1, -0.05) is 12.1 Å². The van der Waals surface area contributed by atoms with Crippen LogP contribution in [0.4, 0.5) is 0 Å². The molecule has 2 fully saturated rings. The fraction of sp³-hybridized carbons (Fsp3) is 0.550. The van der Waals surface area contributed by atoms with Gasteiger partial charge in [0.25, 0.3) is 5.91 Å². The maximum atomic E-state index is 12.6. The summed E-state index contributed by atoms with van der Waals surface area (Å²) in [5, 5.41) is 2.95. The zero-order chi connectivity index (χ0) is 18.9. The van der Waals surface area contributed by atoms with Crippen molar-refractivity contribution in [2.75, 3.05) is 26.2 Å². The molecule has 1 aromatic rings. The van der Waals surface area contributed by atoms with Crippen molar-refractivity contribution in [3.05, 3.63) is 29.8 Å². The van der Waals surface area contributed by atoms with E-state index in [0.717, 1.165) is 32.4 Å². The number of hydrogen-bond donors (Lipinski definition) is 1. The van der Waals surface area contributed by atoms with Gasteiger partial charge in [0.2, 0.25) is 11.8 Å². The smallest absolute Gasteiger partial charge is 0.258 e. The fourth-order valence-electron chi connectivity index (χ4n) is 4.09. The minimum Gasteiger partial charge on any atom is -0.467 e. The van der Waals surface area contributed by atoms with E-state index < -0.39 is 5.72 Å². The number of likely N-dealkylation sites (tertiary alicyclic amines) is 2. The number of fused-ring (bicyclic) bond motifs is 1. The number of piperidine rings is 1. The molecule has 0 radical (unpaired) electrons. The molecule has 27 heavy (non-hydrogen) atoms. The van der Waals surface area contributed by atoms with Crippen LogP contribution in [0, 0.1) is 0 Å². The van der Waals surface area contributed by atoms with Crippen molar-refractivity contribution in [2.45, 2.75) is 44.2 Å². The largest absolute Gasteiger partial charge is 0.467 e. The lowest BCUT2D eigenvalue weighted by Gasteiger charge is -2.38. The van der Waals surface area contributed by atoms with Crippen LogP contribution in [0.25, 0.3) is 0 Å². The van der Waals surface area contributed by atoms with Gasteiger partial charge in [-0.05, 0) is 31.4 Å². The Morgan fingerprint density at radius 1 is 1.07 bits per heavy atom. The molecular formula is C20H25N3O4. The normalized spacial score (nSPS) is 25.5. The summed E-state index contributed by atoms with van der Waals surface area (Å²) in [7, 11) is 0. The van der Waals surface area contributed by atoms with Gasteiger partial charge in [0, 0.05) is 38.9 Å². The summed E-state index contributed by atoms with van der Waals surface area (Å²) < 4.78 is 6.12. The summed E-state index contributed by atoms with van der Waals surface area (Å²) in [5.41, 5.74) is -0.375. The van der Waals surface area contributed by atoms with Crippen molar-refractivity contribution in [1.82, 2.24) is 15.1 Å². The highest BCUT2D eigenvalue weighted by Gasteiger charge is 2.42. The third-order valence-corrected chi connectivity index (χ3v) is 5.69. The number of hydrogen-bond acceptors (Lipinski definition) is 4. The molecule has 0 saturated carbocycles. The molecule has 1 unspecified atom stereocenters.